The van der Waals surface area contributed by atoms with Crippen LogP contribution in [0.5, 0.6) is 11.5 Å². The van der Waals surface area contributed by atoms with Crippen LogP contribution in [0.4, 0.5) is 11.4 Å². The Morgan fingerprint density at radius 1 is 1.00 bits per heavy atom. The van der Waals surface area contributed by atoms with Crippen LogP contribution in [-0.4, -0.2) is 19.2 Å². The molecule has 112 valence electrons. The molecule has 22 heavy (non-hydrogen) atoms. The molecule has 4 nitrogen and oxygen atoms in total. The number of para-hydroxylation sites is 1. The molecule has 0 spiro atoms. The number of fused-ring (bicyclic) bond motifs is 1. The second kappa shape index (κ2) is 6.12. The molecule has 0 aliphatic rings. The van der Waals surface area contributed by atoms with Gasteiger partial charge in [-0.05, 0) is 24.3 Å². The molecule has 1 N–H and O–H groups in total. The maximum atomic E-state index is 6.20. The number of halogens is 1. The fourth-order valence-corrected chi connectivity index (χ4v) is 2.53. The zero-order valence-electron chi connectivity index (χ0n) is 12.3. The van der Waals surface area contributed by atoms with Crippen LogP contribution < -0.4 is 14.8 Å². The summed E-state index contributed by atoms with van der Waals surface area (Å²) in [6.45, 7) is 0. The van der Waals surface area contributed by atoms with E-state index in [1.807, 2.05) is 42.5 Å². The van der Waals surface area contributed by atoms with Crippen LogP contribution >= 0.6 is 11.6 Å². The number of nitrogens with zero attached hydrogens (tertiary/aromatic N) is 1. The molecule has 3 aromatic rings. The molecule has 0 unspecified atom stereocenters. The molecule has 0 aliphatic heterocycles. The molecular weight excluding hydrogens is 300 g/mol. The average molecular weight is 315 g/mol. The summed E-state index contributed by atoms with van der Waals surface area (Å²) in [5, 5.41) is 4.93. The van der Waals surface area contributed by atoms with E-state index in [2.05, 4.69) is 10.3 Å². The normalized spacial score (nSPS) is 10.5. The molecule has 0 saturated heterocycles. The lowest BCUT2D eigenvalue weighted by atomic mass is 10.1. The zero-order chi connectivity index (χ0) is 15.5. The second-order valence-corrected chi connectivity index (χ2v) is 5.09. The van der Waals surface area contributed by atoms with Gasteiger partial charge in [0.05, 0.1) is 30.4 Å². The number of hydrogen-bond acceptors (Lipinski definition) is 4. The Morgan fingerprint density at radius 2 is 1.86 bits per heavy atom. The van der Waals surface area contributed by atoms with Crippen molar-refractivity contribution in [3.05, 3.63) is 53.7 Å². The number of ether oxygens (including phenoxy) is 2. The number of aromatic nitrogens is 1. The van der Waals surface area contributed by atoms with E-state index < -0.39 is 0 Å². The van der Waals surface area contributed by atoms with Crippen LogP contribution in [0.25, 0.3) is 10.9 Å². The van der Waals surface area contributed by atoms with E-state index in [0.29, 0.717) is 5.02 Å². The highest BCUT2D eigenvalue weighted by Gasteiger charge is 2.09. The van der Waals surface area contributed by atoms with E-state index in [1.54, 1.807) is 20.4 Å². The molecule has 1 aromatic heterocycles. The van der Waals surface area contributed by atoms with Crippen molar-refractivity contribution in [3.63, 3.8) is 0 Å². The van der Waals surface area contributed by atoms with E-state index in [4.69, 9.17) is 21.1 Å². The second-order valence-electron chi connectivity index (χ2n) is 4.69. The van der Waals surface area contributed by atoms with E-state index in [9.17, 15) is 0 Å². The summed E-state index contributed by atoms with van der Waals surface area (Å²) < 4.78 is 10.7. The molecular formula is C17H15ClN2O2. The summed E-state index contributed by atoms with van der Waals surface area (Å²) in [7, 11) is 3.27. The van der Waals surface area contributed by atoms with Crippen LogP contribution in [0.2, 0.25) is 5.02 Å². The molecule has 0 saturated carbocycles. The minimum Gasteiger partial charge on any atom is -0.497 e. The summed E-state index contributed by atoms with van der Waals surface area (Å²) in [6, 6.07) is 13.2. The number of anilines is 2. The van der Waals surface area contributed by atoms with Gasteiger partial charge in [0.15, 0.2) is 0 Å². The van der Waals surface area contributed by atoms with Crippen molar-refractivity contribution in [3.8, 4) is 11.5 Å². The first-order chi connectivity index (χ1) is 10.7. The third-order valence-corrected chi connectivity index (χ3v) is 3.70. The maximum Gasteiger partial charge on any atom is 0.142 e. The van der Waals surface area contributed by atoms with E-state index >= 15 is 0 Å². The fourth-order valence-electron chi connectivity index (χ4n) is 2.31. The Bertz CT molecular complexity index is 821. The van der Waals surface area contributed by atoms with Crippen LogP contribution in [0.3, 0.4) is 0 Å². The van der Waals surface area contributed by atoms with Gasteiger partial charge in [-0.2, -0.15) is 0 Å². The standard InChI is InChI=1S/C17H15ClN2O2/c1-21-11-6-7-16(22-2)15(10-11)20-14-8-9-19-17-12(14)4-3-5-13(17)18/h3-10H,1-2H3,(H,19,20). The summed E-state index contributed by atoms with van der Waals surface area (Å²) in [5.41, 5.74) is 2.48. The predicted octanol–water partition coefficient (Wildman–Crippen LogP) is 4.65. The van der Waals surface area contributed by atoms with Gasteiger partial charge in [-0.25, -0.2) is 0 Å². The van der Waals surface area contributed by atoms with Gasteiger partial charge in [0.1, 0.15) is 11.5 Å². The summed E-state index contributed by atoms with van der Waals surface area (Å²) in [4.78, 5) is 4.33. The van der Waals surface area contributed by atoms with Crippen molar-refractivity contribution in [1.29, 1.82) is 0 Å². The van der Waals surface area contributed by atoms with Crippen LogP contribution in [0.1, 0.15) is 0 Å². The molecule has 2 aromatic carbocycles. The van der Waals surface area contributed by atoms with E-state index in [0.717, 1.165) is 33.8 Å². The van der Waals surface area contributed by atoms with Gasteiger partial charge in [0, 0.05) is 23.3 Å². The monoisotopic (exact) mass is 314 g/mol. The largest absolute Gasteiger partial charge is 0.497 e. The molecule has 3 rings (SSSR count). The molecule has 0 bridgehead atoms. The highest BCUT2D eigenvalue weighted by Crippen LogP contribution is 2.34. The zero-order valence-corrected chi connectivity index (χ0v) is 13.0. The van der Waals surface area contributed by atoms with Crippen LogP contribution in [0, 0.1) is 0 Å². The highest BCUT2D eigenvalue weighted by molar-refractivity contribution is 6.35. The minimum atomic E-state index is 0.624. The fraction of sp³-hybridized carbons (Fsp3) is 0.118. The first-order valence-electron chi connectivity index (χ1n) is 6.75. The van der Waals surface area contributed by atoms with Gasteiger partial charge in [0.2, 0.25) is 0 Å². The van der Waals surface area contributed by atoms with Gasteiger partial charge in [0.25, 0.3) is 0 Å². The topological polar surface area (TPSA) is 43.4 Å². The number of pyridine rings is 1. The van der Waals surface area contributed by atoms with Gasteiger partial charge >= 0.3 is 0 Å². The van der Waals surface area contributed by atoms with Crippen molar-refractivity contribution in [2.45, 2.75) is 0 Å². The number of rotatable bonds is 4. The number of benzene rings is 2. The lowest BCUT2D eigenvalue weighted by molar-refractivity contribution is 0.405. The quantitative estimate of drug-likeness (QED) is 0.761. The predicted molar refractivity (Wildman–Crippen MR) is 89.6 cm³/mol. The third kappa shape index (κ3) is 2.65. The van der Waals surface area contributed by atoms with Crippen molar-refractivity contribution in [2.75, 3.05) is 19.5 Å². The van der Waals surface area contributed by atoms with Crippen molar-refractivity contribution in [2.24, 2.45) is 0 Å². The third-order valence-electron chi connectivity index (χ3n) is 3.40. The highest BCUT2D eigenvalue weighted by atomic mass is 35.5. The number of hydrogen-bond donors (Lipinski definition) is 1. The first kappa shape index (κ1) is 14.5. The number of methoxy groups -OCH3 is 2. The molecule has 0 radical (unpaired) electrons. The lowest BCUT2D eigenvalue weighted by Gasteiger charge is -2.14. The Morgan fingerprint density at radius 3 is 2.64 bits per heavy atom. The first-order valence-corrected chi connectivity index (χ1v) is 7.13. The van der Waals surface area contributed by atoms with E-state index in [1.165, 1.54) is 0 Å². The van der Waals surface area contributed by atoms with Crippen LogP contribution in [-0.2, 0) is 0 Å². The molecule has 0 aliphatic carbocycles. The molecule has 5 heteroatoms. The van der Waals surface area contributed by atoms with Gasteiger partial charge < -0.3 is 14.8 Å². The van der Waals surface area contributed by atoms with Gasteiger partial charge in [-0.15, -0.1) is 0 Å². The summed E-state index contributed by atoms with van der Waals surface area (Å²) >= 11 is 6.20. The number of nitrogens with one attached hydrogen (secondary N) is 1. The summed E-state index contributed by atoms with van der Waals surface area (Å²) in [6.07, 6.45) is 1.73. The van der Waals surface area contributed by atoms with Crippen LogP contribution in [0.15, 0.2) is 48.7 Å². The Kier molecular flexibility index (Phi) is 4.02. The average Bonchev–Trinajstić information content (AvgIpc) is 2.56. The van der Waals surface area contributed by atoms with Crippen molar-refractivity contribution < 1.29 is 9.47 Å². The Labute approximate surface area is 133 Å². The van der Waals surface area contributed by atoms with Crippen molar-refractivity contribution in [1.82, 2.24) is 4.98 Å². The molecule has 0 atom stereocenters. The smallest absolute Gasteiger partial charge is 0.142 e. The van der Waals surface area contributed by atoms with Gasteiger partial charge in [-0.3, -0.25) is 4.98 Å². The summed E-state index contributed by atoms with van der Waals surface area (Å²) in [5.74, 6) is 1.48. The molecule has 1 heterocycles. The van der Waals surface area contributed by atoms with Gasteiger partial charge in [-0.1, -0.05) is 23.7 Å². The Hall–Kier alpha value is -2.46. The lowest BCUT2D eigenvalue weighted by Crippen LogP contribution is -1.97. The van der Waals surface area contributed by atoms with E-state index in [-0.39, 0.29) is 0 Å². The minimum absolute atomic E-state index is 0.624. The molecule has 0 fully saturated rings. The maximum absolute atomic E-state index is 6.20. The molecule has 0 amide bonds. The van der Waals surface area contributed by atoms with Crippen molar-refractivity contribution >= 4 is 33.9 Å². The SMILES string of the molecule is COc1ccc(OC)c(Nc2ccnc3c(Cl)cccc23)c1. The Balaban J connectivity index is 2.09.